The molecular formula is C15H16ClN3O3S. The standard InChI is InChI=1S/C15H16ClN3O3S/c16-12-4-3-11(23-12)13-10(2-1-6-17-13)18-14(21)19-15(8-20)5-7-22-9-15/h1-4,6,20H,5,7-9H2,(H2,18,19,21). The average molecular weight is 354 g/mol. The molecule has 0 aromatic carbocycles. The molecule has 2 amide bonds. The predicted molar refractivity (Wildman–Crippen MR) is 90.0 cm³/mol. The third-order valence-electron chi connectivity index (χ3n) is 3.65. The predicted octanol–water partition coefficient (Wildman–Crippen LogP) is 2.74. The summed E-state index contributed by atoms with van der Waals surface area (Å²) in [6.07, 6.45) is 2.24. The van der Waals surface area contributed by atoms with Crippen LogP contribution >= 0.6 is 22.9 Å². The molecule has 3 rings (SSSR count). The molecule has 1 aliphatic heterocycles. The van der Waals surface area contributed by atoms with Gasteiger partial charge in [0.25, 0.3) is 0 Å². The summed E-state index contributed by atoms with van der Waals surface area (Å²) in [5, 5.41) is 15.1. The number of thiophene rings is 1. The van der Waals surface area contributed by atoms with E-state index in [1.165, 1.54) is 11.3 Å². The second-order valence-corrected chi connectivity index (χ2v) is 7.04. The molecule has 3 N–H and O–H groups in total. The molecule has 0 saturated carbocycles. The number of rotatable bonds is 4. The van der Waals surface area contributed by atoms with Gasteiger partial charge in [-0.2, -0.15) is 0 Å². The van der Waals surface area contributed by atoms with Gasteiger partial charge in [0, 0.05) is 12.8 Å². The molecule has 0 spiro atoms. The van der Waals surface area contributed by atoms with E-state index in [9.17, 15) is 9.90 Å². The van der Waals surface area contributed by atoms with Crippen molar-refractivity contribution in [2.24, 2.45) is 0 Å². The van der Waals surface area contributed by atoms with Crippen LogP contribution in [-0.2, 0) is 4.74 Å². The van der Waals surface area contributed by atoms with Gasteiger partial charge in [-0.3, -0.25) is 4.98 Å². The molecule has 0 aliphatic carbocycles. The number of hydrogen-bond donors (Lipinski definition) is 3. The molecule has 8 heteroatoms. The SMILES string of the molecule is O=C(Nc1cccnc1-c1ccc(Cl)s1)NC1(CO)CCOC1. The molecule has 3 heterocycles. The van der Waals surface area contributed by atoms with Crippen LogP contribution in [0.1, 0.15) is 6.42 Å². The fourth-order valence-corrected chi connectivity index (χ4v) is 3.46. The first kappa shape index (κ1) is 16.2. The number of urea groups is 1. The zero-order valence-electron chi connectivity index (χ0n) is 12.2. The molecule has 1 aliphatic rings. The van der Waals surface area contributed by atoms with Crippen LogP contribution in [-0.4, -0.2) is 41.5 Å². The number of anilines is 1. The van der Waals surface area contributed by atoms with E-state index >= 15 is 0 Å². The fraction of sp³-hybridized carbons (Fsp3) is 0.333. The summed E-state index contributed by atoms with van der Waals surface area (Å²) >= 11 is 7.36. The molecule has 1 atom stereocenters. The Bertz CT molecular complexity index is 701. The van der Waals surface area contributed by atoms with E-state index in [1.54, 1.807) is 24.4 Å². The van der Waals surface area contributed by atoms with Gasteiger partial charge >= 0.3 is 6.03 Å². The summed E-state index contributed by atoms with van der Waals surface area (Å²) in [6.45, 7) is 0.658. The van der Waals surface area contributed by atoms with E-state index in [1.807, 2.05) is 6.07 Å². The highest BCUT2D eigenvalue weighted by atomic mass is 35.5. The lowest BCUT2D eigenvalue weighted by atomic mass is 10.0. The molecule has 0 radical (unpaired) electrons. The minimum atomic E-state index is -0.724. The Morgan fingerprint density at radius 2 is 2.35 bits per heavy atom. The van der Waals surface area contributed by atoms with Crippen molar-refractivity contribution in [2.75, 3.05) is 25.1 Å². The van der Waals surface area contributed by atoms with Gasteiger partial charge < -0.3 is 20.5 Å². The van der Waals surface area contributed by atoms with Crippen molar-refractivity contribution in [3.8, 4) is 10.6 Å². The number of carbonyl (C=O) groups is 1. The molecule has 2 aromatic rings. The van der Waals surface area contributed by atoms with E-state index in [2.05, 4.69) is 15.6 Å². The number of aromatic nitrogens is 1. The van der Waals surface area contributed by atoms with Crippen molar-refractivity contribution < 1.29 is 14.6 Å². The van der Waals surface area contributed by atoms with Gasteiger partial charge in [-0.05, 0) is 30.7 Å². The maximum atomic E-state index is 12.3. The van der Waals surface area contributed by atoms with Gasteiger partial charge in [0.05, 0.1) is 33.7 Å². The third kappa shape index (κ3) is 3.64. The summed E-state index contributed by atoms with van der Waals surface area (Å²) in [6, 6.07) is 6.76. The number of aliphatic hydroxyl groups excluding tert-OH is 1. The summed E-state index contributed by atoms with van der Waals surface area (Å²) in [4.78, 5) is 17.5. The van der Waals surface area contributed by atoms with Gasteiger partial charge in [0.2, 0.25) is 0 Å². The second-order valence-electron chi connectivity index (χ2n) is 5.32. The summed E-state index contributed by atoms with van der Waals surface area (Å²) in [5.74, 6) is 0. The number of aliphatic hydroxyl groups is 1. The minimum Gasteiger partial charge on any atom is -0.394 e. The van der Waals surface area contributed by atoms with E-state index in [-0.39, 0.29) is 6.61 Å². The quantitative estimate of drug-likeness (QED) is 0.789. The third-order valence-corrected chi connectivity index (χ3v) is 4.89. The highest BCUT2D eigenvalue weighted by molar-refractivity contribution is 7.19. The Balaban J connectivity index is 1.76. The van der Waals surface area contributed by atoms with Crippen LogP contribution in [0.5, 0.6) is 0 Å². The van der Waals surface area contributed by atoms with Crippen LogP contribution in [0.4, 0.5) is 10.5 Å². The molecule has 1 unspecified atom stereocenters. The van der Waals surface area contributed by atoms with Gasteiger partial charge in [-0.15, -0.1) is 11.3 Å². The number of nitrogens with zero attached hydrogens (tertiary/aromatic N) is 1. The molecule has 122 valence electrons. The first-order valence-electron chi connectivity index (χ1n) is 7.10. The van der Waals surface area contributed by atoms with Crippen LogP contribution in [0.3, 0.4) is 0 Å². The Morgan fingerprint density at radius 3 is 3.00 bits per heavy atom. The number of pyridine rings is 1. The summed E-state index contributed by atoms with van der Waals surface area (Å²) in [5.41, 5.74) is 0.509. The van der Waals surface area contributed by atoms with Crippen LogP contribution in [0.15, 0.2) is 30.5 Å². The van der Waals surface area contributed by atoms with Gasteiger partial charge in [-0.25, -0.2) is 4.79 Å². The minimum absolute atomic E-state index is 0.166. The number of halogens is 1. The average Bonchev–Trinajstić information content (AvgIpc) is 3.17. The zero-order chi connectivity index (χ0) is 16.3. The Labute approximate surface area is 142 Å². The number of ether oxygens (including phenoxy) is 1. The van der Waals surface area contributed by atoms with Crippen molar-refractivity contribution in [1.29, 1.82) is 0 Å². The molecule has 1 fully saturated rings. The van der Waals surface area contributed by atoms with Crippen LogP contribution in [0.25, 0.3) is 10.6 Å². The van der Waals surface area contributed by atoms with E-state index < -0.39 is 11.6 Å². The second kappa shape index (κ2) is 6.84. The van der Waals surface area contributed by atoms with Crippen LogP contribution in [0, 0.1) is 0 Å². The Hall–Kier alpha value is -1.67. The highest BCUT2D eigenvalue weighted by Crippen LogP contribution is 2.33. The molecule has 2 aromatic heterocycles. The maximum Gasteiger partial charge on any atom is 0.319 e. The first-order chi connectivity index (χ1) is 11.1. The zero-order valence-corrected chi connectivity index (χ0v) is 13.8. The number of nitrogens with one attached hydrogen (secondary N) is 2. The van der Waals surface area contributed by atoms with Crippen molar-refractivity contribution >= 4 is 34.7 Å². The van der Waals surface area contributed by atoms with Gasteiger partial charge in [0.15, 0.2) is 0 Å². The first-order valence-corrected chi connectivity index (χ1v) is 8.30. The Morgan fingerprint density at radius 1 is 1.48 bits per heavy atom. The van der Waals surface area contributed by atoms with Crippen molar-refractivity contribution in [3.63, 3.8) is 0 Å². The smallest absolute Gasteiger partial charge is 0.319 e. The van der Waals surface area contributed by atoms with E-state index in [0.29, 0.717) is 35.4 Å². The lowest BCUT2D eigenvalue weighted by Crippen LogP contribution is -2.53. The molecule has 23 heavy (non-hydrogen) atoms. The number of hydrogen-bond acceptors (Lipinski definition) is 5. The summed E-state index contributed by atoms with van der Waals surface area (Å²) in [7, 11) is 0. The Kier molecular flexibility index (Phi) is 4.82. The van der Waals surface area contributed by atoms with Crippen molar-refractivity contribution in [2.45, 2.75) is 12.0 Å². The molecular weight excluding hydrogens is 338 g/mol. The summed E-state index contributed by atoms with van der Waals surface area (Å²) < 4.78 is 5.93. The van der Waals surface area contributed by atoms with Crippen molar-refractivity contribution in [3.05, 3.63) is 34.8 Å². The number of amides is 2. The normalized spacial score (nSPS) is 20.4. The largest absolute Gasteiger partial charge is 0.394 e. The van der Waals surface area contributed by atoms with Crippen LogP contribution < -0.4 is 10.6 Å². The van der Waals surface area contributed by atoms with E-state index in [0.717, 1.165) is 4.88 Å². The lowest BCUT2D eigenvalue weighted by molar-refractivity contribution is 0.126. The molecule has 0 bridgehead atoms. The van der Waals surface area contributed by atoms with Crippen molar-refractivity contribution in [1.82, 2.24) is 10.3 Å². The highest BCUT2D eigenvalue weighted by Gasteiger charge is 2.36. The maximum absolute atomic E-state index is 12.3. The monoisotopic (exact) mass is 353 g/mol. The fourth-order valence-electron chi connectivity index (χ4n) is 2.41. The molecule has 6 nitrogen and oxygen atoms in total. The lowest BCUT2D eigenvalue weighted by Gasteiger charge is -2.26. The molecule has 1 saturated heterocycles. The topological polar surface area (TPSA) is 83.5 Å². The van der Waals surface area contributed by atoms with E-state index in [4.69, 9.17) is 16.3 Å². The van der Waals surface area contributed by atoms with Gasteiger partial charge in [0.1, 0.15) is 5.69 Å². The van der Waals surface area contributed by atoms with Crippen LogP contribution in [0.2, 0.25) is 4.34 Å². The number of carbonyl (C=O) groups excluding carboxylic acids is 1. The van der Waals surface area contributed by atoms with Gasteiger partial charge in [-0.1, -0.05) is 11.6 Å².